The summed E-state index contributed by atoms with van der Waals surface area (Å²) in [6.45, 7) is 4.08. The first-order valence-electron chi connectivity index (χ1n) is 5.74. The normalized spacial score (nSPS) is 20.5. The molecule has 2 heterocycles. The monoisotopic (exact) mass is 233 g/mol. The van der Waals surface area contributed by atoms with Gasteiger partial charge in [0.2, 0.25) is 11.8 Å². The van der Waals surface area contributed by atoms with Gasteiger partial charge in [-0.2, -0.15) is 0 Å². The average Bonchev–Trinajstić information content (AvgIpc) is 2.29. The molecule has 1 aromatic rings. The van der Waals surface area contributed by atoms with Crippen LogP contribution in [0.5, 0.6) is 0 Å². The molecule has 0 aromatic carbocycles. The van der Waals surface area contributed by atoms with Crippen molar-refractivity contribution < 1.29 is 9.59 Å². The standard InChI is InChI=1S/C12H15N3O2/c1-7(2)9-5-6-13-11(14-9)8-3-4-10(16)15-12(8)17/h5-8H,3-4H2,1-2H3,(H,15,16,17). The van der Waals surface area contributed by atoms with Crippen molar-refractivity contribution >= 4 is 11.8 Å². The number of hydrogen-bond acceptors (Lipinski definition) is 4. The maximum absolute atomic E-state index is 11.7. The number of carbonyl (C=O) groups excluding carboxylic acids is 2. The zero-order valence-corrected chi connectivity index (χ0v) is 9.93. The highest BCUT2D eigenvalue weighted by molar-refractivity contribution is 6.00. The summed E-state index contributed by atoms with van der Waals surface area (Å²) in [5.41, 5.74) is 0.916. The van der Waals surface area contributed by atoms with Gasteiger partial charge in [0.1, 0.15) is 5.82 Å². The molecule has 2 rings (SSSR count). The molecule has 90 valence electrons. The van der Waals surface area contributed by atoms with E-state index in [1.165, 1.54) is 0 Å². The molecule has 0 bridgehead atoms. The quantitative estimate of drug-likeness (QED) is 0.777. The van der Waals surface area contributed by atoms with Gasteiger partial charge < -0.3 is 0 Å². The lowest BCUT2D eigenvalue weighted by Gasteiger charge is -2.20. The molecule has 1 unspecified atom stereocenters. The Labute approximate surface area is 99.7 Å². The number of nitrogens with one attached hydrogen (secondary N) is 1. The van der Waals surface area contributed by atoms with Crippen LogP contribution in [0.2, 0.25) is 0 Å². The Morgan fingerprint density at radius 2 is 2.18 bits per heavy atom. The topological polar surface area (TPSA) is 72.0 Å². The maximum atomic E-state index is 11.7. The number of carbonyl (C=O) groups is 2. The molecule has 1 saturated heterocycles. The Morgan fingerprint density at radius 3 is 2.82 bits per heavy atom. The highest BCUT2D eigenvalue weighted by atomic mass is 16.2. The highest BCUT2D eigenvalue weighted by Crippen LogP contribution is 2.22. The summed E-state index contributed by atoms with van der Waals surface area (Å²) in [4.78, 5) is 31.3. The molecular formula is C12H15N3O2. The van der Waals surface area contributed by atoms with Crippen molar-refractivity contribution in [2.24, 2.45) is 0 Å². The Balaban J connectivity index is 2.25. The second-order valence-electron chi connectivity index (χ2n) is 4.50. The summed E-state index contributed by atoms with van der Waals surface area (Å²) >= 11 is 0. The third-order valence-corrected chi connectivity index (χ3v) is 2.84. The molecule has 1 N–H and O–H groups in total. The number of amides is 2. The van der Waals surface area contributed by atoms with Crippen LogP contribution in [0.4, 0.5) is 0 Å². The fourth-order valence-electron chi connectivity index (χ4n) is 1.82. The van der Waals surface area contributed by atoms with E-state index in [4.69, 9.17) is 0 Å². The molecule has 1 aliphatic heterocycles. The smallest absolute Gasteiger partial charge is 0.237 e. The number of hydrogen-bond donors (Lipinski definition) is 1. The van der Waals surface area contributed by atoms with Gasteiger partial charge in [0, 0.05) is 18.3 Å². The van der Waals surface area contributed by atoms with Crippen molar-refractivity contribution in [3.8, 4) is 0 Å². The van der Waals surface area contributed by atoms with Gasteiger partial charge in [0.05, 0.1) is 5.92 Å². The van der Waals surface area contributed by atoms with E-state index in [-0.39, 0.29) is 11.8 Å². The largest absolute Gasteiger partial charge is 0.296 e. The molecule has 5 heteroatoms. The first-order chi connectivity index (χ1) is 8.08. The van der Waals surface area contributed by atoms with Gasteiger partial charge in [-0.25, -0.2) is 9.97 Å². The summed E-state index contributed by atoms with van der Waals surface area (Å²) in [5, 5.41) is 2.32. The molecule has 0 radical (unpaired) electrons. The molecule has 1 atom stereocenters. The maximum Gasteiger partial charge on any atom is 0.237 e. The summed E-state index contributed by atoms with van der Waals surface area (Å²) in [6, 6.07) is 1.85. The number of piperidine rings is 1. The van der Waals surface area contributed by atoms with E-state index in [9.17, 15) is 9.59 Å². The minimum Gasteiger partial charge on any atom is -0.296 e. The molecule has 1 fully saturated rings. The predicted octanol–water partition coefficient (Wildman–Crippen LogP) is 1.12. The molecule has 5 nitrogen and oxygen atoms in total. The van der Waals surface area contributed by atoms with Crippen molar-refractivity contribution in [3.05, 3.63) is 23.8 Å². The van der Waals surface area contributed by atoms with Crippen LogP contribution < -0.4 is 5.32 Å². The fraction of sp³-hybridized carbons (Fsp3) is 0.500. The Kier molecular flexibility index (Phi) is 3.17. The first kappa shape index (κ1) is 11.7. The molecule has 17 heavy (non-hydrogen) atoms. The van der Waals surface area contributed by atoms with E-state index in [1.807, 2.05) is 19.9 Å². The van der Waals surface area contributed by atoms with Crippen LogP contribution >= 0.6 is 0 Å². The molecule has 1 aromatic heterocycles. The minimum atomic E-state index is -0.397. The van der Waals surface area contributed by atoms with E-state index in [0.717, 1.165) is 5.69 Å². The van der Waals surface area contributed by atoms with Crippen LogP contribution in [0.15, 0.2) is 12.3 Å². The third-order valence-electron chi connectivity index (χ3n) is 2.84. The van der Waals surface area contributed by atoms with Gasteiger partial charge in [-0.3, -0.25) is 14.9 Å². The van der Waals surface area contributed by atoms with E-state index in [1.54, 1.807) is 6.20 Å². The van der Waals surface area contributed by atoms with Crippen LogP contribution in [-0.2, 0) is 9.59 Å². The van der Waals surface area contributed by atoms with Gasteiger partial charge in [-0.15, -0.1) is 0 Å². The Morgan fingerprint density at radius 1 is 1.41 bits per heavy atom. The van der Waals surface area contributed by atoms with Crippen LogP contribution in [0.3, 0.4) is 0 Å². The zero-order chi connectivity index (χ0) is 12.4. The predicted molar refractivity (Wildman–Crippen MR) is 61.2 cm³/mol. The Hall–Kier alpha value is -1.78. The van der Waals surface area contributed by atoms with E-state index in [0.29, 0.717) is 24.6 Å². The first-order valence-corrected chi connectivity index (χ1v) is 5.74. The second-order valence-corrected chi connectivity index (χ2v) is 4.50. The van der Waals surface area contributed by atoms with Crippen molar-refractivity contribution in [2.75, 3.05) is 0 Å². The van der Waals surface area contributed by atoms with Gasteiger partial charge in [0.15, 0.2) is 0 Å². The summed E-state index contributed by atoms with van der Waals surface area (Å²) in [5.74, 6) is -0.0916. The summed E-state index contributed by atoms with van der Waals surface area (Å²) < 4.78 is 0. The Bertz CT molecular complexity index is 457. The van der Waals surface area contributed by atoms with Crippen molar-refractivity contribution in [1.29, 1.82) is 0 Å². The summed E-state index contributed by atoms with van der Waals surface area (Å²) in [7, 11) is 0. The number of rotatable bonds is 2. The second kappa shape index (κ2) is 4.61. The van der Waals surface area contributed by atoms with Crippen LogP contribution in [-0.4, -0.2) is 21.8 Å². The van der Waals surface area contributed by atoms with Gasteiger partial charge in [-0.05, 0) is 18.4 Å². The average molecular weight is 233 g/mol. The van der Waals surface area contributed by atoms with Gasteiger partial charge in [-0.1, -0.05) is 13.8 Å². The molecule has 1 aliphatic rings. The van der Waals surface area contributed by atoms with E-state index < -0.39 is 5.92 Å². The van der Waals surface area contributed by atoms with Crippen molar-refractivity contribution in [2.45, 2.75) is 38.5 Å². The lowest BCUT2D eigenvalue weighted by atomic mass is 9.97. The molecule has 0 aliphatic carbocycles. The van der Waals surface area contributed by atoms with E-state index in [2.05, 4.69) is 15.3 Å². The molecular weight excluding hydrogens is 218 g/mol. The summed E-state index contributed by atoms with van der Waals surface area (Å²) in [6.07, 6.45) is 2.51. The van der Waals surface area contributed by atoms with Gasteiger partial charge >= 0.3 is 0 Å². The number of nitrogens with zero attached hydrogens (tertiary/aromatic N) is 2. The SMILES string of the molecule is CC(C)c1ccnc(C2CCC(=O)NC2=O)n1. The zero-order valence-electron chi connectivity index (χ0n) is 9.93. The van der Waals surface area contributed by atoms with Crippen LogP contribution in [0.25, 0.3) is 0 Å². The van der Waals surface area contributed by atoms with Crippen molar-refractivity contribution in [1.82, 2.24) is 15.3 Å². The number of aromatic nitrogens is 2. The van der Waals surface area contributed by atoms with Gasteiger partial charge in [0.25, 0.3) is 0 Å². The lowest BCUT2D eigenvalue weighted by molar-refractivity contribution is -0.134. The highest BCUT2D eigenvalue weighted by Gasteiger charge is 2.30. The minimum absolute atomic E-state index is 0.216. The number of imide groups is 1. The van der Waals surface area contributed by atoms with Crippen molar-refractivity contribution in [3.63, 3.8) is 0 Å². The molecule has 2 amide bonds. The molecule has 0 saturated carbocycles. The lowest BCUT2D eigenvalue weighted by Crippen LogP contribution is -2.40. The third kappa shape index (κ3) is 2.49. The fourth-order valence-corrected chi connectivity index (χ4v) is 1.82. The van der Waals surface area contributed by atoms with Crippen LogP contribution in [0.1, 0.15) is 50.0 Å². The van der Waals surface area contributed by atoms with E-state index >= 15 is 0 Å². The van der Waals surface area contributed by atoms with Crippen LogP contribution in [0, 0.1) is 0 Å². The molecule has 0 spiro atoms.